The van der Waals surface area contributed by atoms with Crippen molar-refractivity contribution in [1.29, 1.82) is 0 Å². The molecule has 1 N–H and O–H groups in total. The Bertz CT molecular complexity index is 990. The molecule has 1 unspecified atom stereocenters. The third kappa shape index (κ3) is 3.94. The molecule has 0 spiro atoms. The lowest BCUT2D eigenvalue weighted by Crippen LogP contribution is -2.35. The minimum absolute atomic E-state index is 0.0282. The third-order valence-corrected chi connectivity index (χ3v) is 5.83. The molecule has 0 saturated carbocycles. The molecule has 1 aromatic heterocycles. The van der Waals surface area contributed by atoms with Crippen LogP contribution in [0.5, 0.6) is 0 Å². The van der Waals surface area contributed by atoms with E-state index in [0.29, 0.717) is 12.1 Å². The first-order valence-electron chi connectivity index (χ1n) is 8.22. The van der Waals surface area contributed by atoms with Crippen LogP contribution in [0.1, 0.15) is 26.3 Å². The molecule has 0 aliphatic carbocycles. The Morgan fingerprint density at radius 3 is 2.61 bits per heavy atom. The number of halogens is 3. The van der Waals surface area contributed by atoms with E-state index in [4.69, 9.17) is 0 Å². The van der Waals surface area contributed by atoms with Crippen molar-refractivity contribution in [1.82, 2.24) is 10.2 Å². The van der Waals surface area contributed by atoms with Gasteiger partial charge in [-0.05, 0) is 44.9 Å². The summed E-state index contributed by atoms with van der Waals surface area (Å²) in [5.41, 5.74) is -2.85. The minimum atomic E-state index is -5.61. The molecule has 2 aromatic rings. The van der Waals surface area contributed by atoms with Gasteiger partial charge in [0.1, 0.15) is 11.2 Å². The first kappa shape index (κ1) is 20.5. The topological polar surface area (TPSA) is 99.9 Å². The van der Waals surface area contributed by atoms with E-state index in [2.05, 4.69) is 20.4 Å². The molecular formula is C15H17F3N6O2S2. The molecule has 0 radical (unpaired) electrons. The Labute approximate surface area is 163 Å². The summed E-state index contributed by atoms with van der Waals surface area (Å²) < 4.78 is 63.5. The van der Waals surface area contributed by atoms with Gasteiger partial charge in [-0.3, -0.25) is 4.72 Å². The second-order valence-corrected chi connectivity index (χ2v) is 9.01. The van der Waals surface area contributed by atoms with Gasteiger partial charge in [-0.1, -0.05) is 11.3 Å². The van der Waals surface area contributed by atoms with E-state index in [1.54, 1.807) is 10.8 Å². The minimum Gasteiger partial charge on any atom is -0.366 e. The van der Waals surface area contributed by atoms with E-state index in [9.17, 15) is 21.6 Å². The molecule has 0 amide bonds. The van der Waals surface area contributed by atoms with Crippen LogP contribution in [-0.4, -0.2) is 36.2 Å². The molecule has 1 aliphatic rings. The molecule has 8 nitrogen and oxygen atoms in total. The summed E-state index contributed by atoms with van der Waals surface area (Å²) in [6.07, 6.45) is 0.654. The normalized spacial score (nSPS) is 17.5. The van der Waals surface area contributed by atoms with Crippen molar-refractivity contribution in [2.24, 2.45) is 10.2 Å². The van der Waals surface area contributed by atoms with Crippen molar-refractivity contribution >= 4 is 43.6 Å². The SMILES string of the molecule is CC(C)N1c2cc(NS(=O)(=O)C(F)(F)F)c(N=Nc3nncs3)cc2CC1C. The van der Waals surface area contributed by atoms with Crippen LogP contribution in [0.2, 0.25) is 0 Å². The number of rotatable bonds is 5. The predicted molar refractivity (Wildman–Crippen MR) is 99.9 cm³/mol. The summed E-state index contributed by atoms with van der Waals surface area (Å²) >= 11 is 1.09. The molecular weight excluding hydrogens is 417 g/mol. The fourth-order valence-corrected chi connectivity index (χ4v) is 4.08. The van der Waals surface area contributed by atoms with Crippen LogP contribution in [0.3, 0.4) is 0 Å². The van der Waals surface area contributed by atoms with Crippen molar-refractivity contribution in [3.63, 3.8) is 0 Å². The summed E-state index contributed by atoms with van der Waals surface area (Å²) in [4.78, 5) is 2.02. The zero-order valence-electron chi connectivity index (χ0n) is 15.1. The molecule has 28 heavy (non-hydrogen) atoms. The highest BCUT2D eigenvalue weighted by Crippen LogP contribution is 2.42. The number of alkyl halides is 3. The van der Waals surface area contributed by atoms with Gasteiger partial charge in [-0.25, -0.2) is 0 Å². The van der Waals surface area contributed by atoms with Crippen LogP contribution < -0.4 is 9.62 Å². The molecule has 2 heterocycles. The van der Waals surface area contributed by atoms with Gasteiger partial charge < -0.3 is 4.90 Å². The molecule has 0 bridgehead atoms. The fraction of sp³-hybridized carbons (Fsp3) is 0.467. The summed E-state index contributed by atoms with van der Waals surface area (Å²) in [6.45, 7) is 5.89. The largest absolute Gasteiger partial charge is 0.516 e. The van der Waals surface area contributed by atoms with E-state index in [1.165, 1.54) is 11.6 Å². The van der Waals surface area contributed by atoms with Crippen molar-refractivity contribution in [2.45, 2.75) is 44.8 Å². The van der Waals surface area contributed by atoms with Gasteiger partial charge in [0.2, 0.25) is 0 Å². The van der Waals surface area contributed by atoms with Crippen molar-refractivity contribution in [2.75, 3.05) is 9.62 Å². The van der Waals surface area contributed by atoms with Gasteiger partial charge in [0.15, 0.2) is 0 Å². The molecule has 1 atom stereocenters. The summed E-state index contributed by atoms with van der Waals surface area (Å²) in [6, 6.07) is 3.11. The Kier molecular flexibility index (Phi) is 5.32. The number of aromatic nitrogens is 2. The summed E-state index contributed by atoms with van der Waals surface area (Å²) in [5.74, 6) is 0. The zero-order valence-corrected chi connectivity index (χ0v) is 16.7. The number of hydrogen-bond acceptors (Lipinski definition) is 8. The maximum atomic E-state index is 12.9. The third-order valence-electron chi connectivity index (χ3n) is 4.16. The number of benzene rings is 1. The van der Waals surface area contributed by atoms with Gasteiger partial charge in [0, 0.05) is 17.8 Å². The Balaban J connectivity index is 2.09. The molecule has 1 aromatic carbocycles. The van der Waals surface area contributed by atoms with Gasteiger partial charge in [0.05, 0.1) is 5.69 Å². The number of fused-ring (bicyclic) bond motifs is 1. The second-order valence-electron chi connectivity index (χ2n) is 6.52. The number of nitrogens with zero attached hydrogens (tertiary/aromatic N) is 5. The van der Waals surface area contributed by atoms with Gasteiger partial charge in [-0.15, -0.1) is 20.4 Å². The lowest BCUT2D eigenvalue weighted by Gasteiger charge is -2.29. The predicted octanol–water partition coefficient (Wildman–Crippen LogP) is 4.37. The Hall–Kier alpha value is -2.28. The summed E-state index contributed by atoms with van der Waals surface area (Å²) in [5, 5.41) is 15.2. The molecule has 1 aliphatic heterocycles. The van der Waals surface area contributed by atoms with Crippen molar-refractivity contribution in [3.05, 3.63) is 23.2 Å². The summed E-state index contributed by atoms with van der Waals surface area (Å²) in [7, 11) is -5.61. The average Bonchev–Trinajstić information content (AvgIpc) is 3.17. The quantitative estimate of drug-likeness (QED) is 0.704. The van der Waals surface area contributed by atoms with E-state index in [0.717, 1.165) is 16.9 Å². The van der Waals surface area contributed by atoms with Crippen LogP contribution >= 0.6 is 11.3 Å². The number of anilines is 2. The first-order valence-corrected chi connectivity index (χ1v) is 10.6. The molecule has 0 saturated heterocycles. The number of sulfonamides is 1. The molecule has 3 rings (SSSR count). The maximum absolute atomic E-state index is 12.9. The standard InChI is InChI=1S/C15H17F3N6O2S2/c1-8(2)24-9(3)4-10-5-11(20-22-14-21-19-7-27-14)12(6-13(10)24)23-28(25,26)15(16,17)18/h5-9,23H,4H2,1-3H3. The van der Waals surface area contributed by atoms with Crippen molar-refractivity contribution < 1.29 is 21.6 Å². The highest BCUT2D eigenvalue weighted by atomic mass is 32.2. The average molecular weight is 434 g/mol. The number of hydrogen-bond donors (Lipinski definition) is 1. The lowest BCUT2D eigenvalue weighted by atomic mass is 10.1. The van der Waals surface area contributed by atoms with Crippen molar-refractivity contribution in [3.8, 4) is 0 Å². The molecule has 152 valence electrons. The van der Waals surface area contributed by atoms with Gasteiger partial charge in [-0.2, -0.15) is 21.6 Å². The van der Waals surface area contributed by atoms with E-state index in [1.807, 2.05) is 25.7 Å². The zero-order chi connectivity index (χ0) is 20.7. The van der Waals surface area contributed by atoms with Gasteiger partial charge in [0.25, 0.3) is 5.13 Å². The first-order chi connectivity index (χ1) is 13.0. The van der Waals surface area contributed by atoms with E-state index >= 15 is 0 Å². The fourth-order valence-electron chi connectivity index (χ4n) is 3.14. The van der Waals surface area contributed by atoms with Crippen LogP contribution in [0.25, 0.3) is 0 Å². The van der Waals surface area contributed by atoms with E-state index in [-0.39, 0.29) is 28.6 Å². The highest BCUT2D eigenvalue weighted by Gasteiger charge is 2.46. The Morgan fingerprint density at radius 2 is 2.04 bits per heavy atom. The Morgan fingerprint density at radius 1 is 1.32 bits per heavy atom. The number of nitrogens with one attached hydrogen (secondary N) is 1. The monoisotopic (exact) mass is 434 g/mol. The second kappa shape index (κ2) is 7.28. The van der Waals surface area contributed by atoms with Crippen LogP contribution in [-0.2, 0) is 16.4 Å². The van der Waals surface area contributed by atoms with Crippen LogP contribution in [0, 0.1) is 0 Å². The lowest BCUT2D eigenvalue weighted by molar-refractivity contribution is -0.0429. The van der Waals surface area contributed by atoms with Gasteiger partial charge >= 0.3 is 15.5 Å². The maximum Gasteiger partial charge on any atom is 0.516 e. The van der Waals surface area contributed by atoms with E-state index < -0.39 is 15.5 Å². The molecule has 13 heteroatoms. The van der Waals surface area contributed by atoms with Crippen LogP contribution in [0.15, 0.2) is 27.9 Å². The smallest absolute Gasteiger partial charge is 0.366 e. The molecule has 0 fully saturated rings. The number of azo groups is 1. The highest BCUT2D eigenvalue weighted by molar-refractivity contribution is 7.93. The van der Waals surface area contributed by atoms with Crippen LogP contribution in [0.4, 0.5) is 35.4 Å².